The van der Waals surface area contributed by atoms with Crippen LogP contribution in [0.5, 0.6) is 0 Å². The highest BCUT2D eigenvalue weighted by molar-refractivity contribution is 9.10. The van der Waals surface area contributed by atoms with Crippen molar-refractivity contribution in [3.05, 3.63) is 26.8 Å². The van der Waals surface area contributed by atoms with E-state index in [0.29, 0.717) is 10.2 Å². The van der Waals surface area contributed by atoms with Crippen LogP contribution in [0.4, 0.5) is 13.2 Å². The van der Waals surface area contributed by atoms with Crippen LogP contribution in [0.15, 0.2) is 15.6 Å². The Hall–Kier alpha value is -0.850. The molecule has 0 fully saturated rings. The molecule has 0 radical (unpaired) electrons. The summed E-state index contributed by atoms with van der Waals surface area (Å²) in [5, 5.41) is 0. The van der Waals surface area contributed by atoms with E-state index in [1.165, 1.54) is 10.9 Å². The van der Waals surface area contributed by atoms with Gasteiger partial charge in [0.2, 0.25) is 0 Å². The lowest BCUT2D eigenvalue weighted by atomic mass is 10.3. The number of halogens is 4. The van der Waals surface area contributed by atoms with Crippen molar-refractivity contribution in [2.45, 2.75) is 32.5 Å². The van der Waals surface area contributed by atoms with Gasteiger partial charge in [-0.05, 0) is 29.3 Å². The fraction of sp³-hybridized carbons (Fsp3) is 0.556. The predicted octanol–water partition coefficient (Wildman–Crippen LogP) is 2.66. The summed E-state index contributed by atoms with van der Waals surface area (Å²) in [7, 11) is 0. The first-order valence-corrected chi connectivity index (χ1v) is 5.39. The molecule has 0 aliphatic heterocycles. The maximum absolute atomic E-state index is 11.9. The lowest BCUT2D eigenvalue weighted by Crippen LogP contribution is -2.23. The van der Waals surface area contributed by atoms with Gasteiger partial charge in [0.1, 0.15) is 4.47 Å². The second kappa shape index (κ2) is 4.99. The SMILES string of the molecule is Cc1ncn(CCCC(F)(F)F)c(=O)c1Br. The van der Waals surface area contributed by atoms with Gasteiger partial charge in [0, 0.05) is 13.0 Å². The van der Waals surface area contributed by atoms with Crippen LogP contribution in [0.25, 0.3) is 0 Å². The van der Waals surface area contributed by atoms with Crippen molar-refractivity contribution in [2.24, 2.45) is 0 Å². The maximum Gasteiger partial charge on any atom is 0.389 e. The van der Waals surface area contributed by atoms with E-state index in [-0.39, 0.29) is 18.5 Å². The molecule has 1 aromatic heterocycles. The molecule has 0 N–H and O–H groups in total. The number of alkyl halides is 3. The highest BCUT2D eigenvalue weighted by Crippen LogP contribution is 2.21. The Bertz CT molecular complexity index is 428. The van der Waals surface area contributed by atoms with E-state index in [0.717, 1.165) is 0 Å². The van der Waals surface area contributed by atoms with Crippen molar-refractivity contribution >= 4 is 15.9 Å². The Balaban J connectivity index is 2.69. The summed E-state index contributed by atoms with van der Waals surface area (Å²) < 4.78 is 37.1. The number of nitrogens with zero attached hydrogens (tertiary/aromatic N) is 2. The highest BCUT2D eigenvalue weighted by Gasteiger charge is 2.26. The molecule has 0 spiro atoms. The predicted molar refractivity (Wildman–Crippen MR) is 56.2 cm³/mol. The van der Waals surface area contributed by atoms with Crippen molar-refractivity contribution in [2.75, 3.05) is 0 Å². The molecule has 16 heavy (non-hydrogen) atoms. The number of hydrogen-bond donors (Lipinski definition) is 0. The summed E-state index contributed by atoms with van der Waals surface area (Å²) in [6, 6.07) is 0. The molecule has 0 aliphatic carbocycles. The Morgan fingerprint density at radius 2 is 2.12 bits per heavy atom. The fourth-order valence-electron chi connectivity index (χ4n) is 1.16. The van der Waals surface area contributed by atoms with Gasteiger partial charge in [0.25, 0.3) is 5.56 Å². The summed E-state index contributed by atoms with van der Waals surface area (Å²) in [5.41, 5.74) is 0.173. The molecule has 1 heterocycles. The van der Waals surface area contributed by atoms with E-state index in [1.54, 1.807) is 6.92 Å². The van der Waals surface area contributed by atoms with Crippen LogP contribution in [0.3, 0.4) is 0 Å². The fourth-order valence-corrected chi connectivity index (χ4v) is 1.49. The minimum atomic E-state index is -4.18. The Kier molecular flexibility index (Phi) is 4.12. The van der Waals surface area contributed by atoms with Crippen LogP contribution in [0.2, 0.25) is 0 Å². The molecule has 0 saturated heterocycles. The normalized spacial score (nSPS) is 11.8. The van der Waals surface area contributed by atoms with Crippen molar-refractivity contribution in [3.8, 4) is 0 Å². The molecule has 3 nitrogen and oxygen atoms in total. The van der Waals surface area contributed by atoms with Gasteiger partial charge in [0.05, 0.1) is 12.0 Å². The van der Waals surface area contributed by atoms with Crippen molar-refractivity contribution in [3.63, 3.8) is 0 Å². The van der Waals surface area contributed by atoms with Crippen LogP contribution in [-0.2, 0) is 6.54 Å². The van der Waals surface area contributed by atoms with Gasteiger partial charge in [-0.3, -0.25) is 9.36 Å². The molecule has 0 saturated carbocycles. The van der Waals surface area contributed by atoms with Gasteiger partial charge in [0.15, 0.2) is 0 Å². The summed E-state index contributed by atoms with van der Waals surface area (Å²) in [6.45, 7) is 1.66. The summed E-state index contributed by atoms with van der Waals surface area (Å²) in [6.07, 6.45) is -3.94. The van der Waals surface area contributed by atoms with Gasteiger partial charge in [-0.1, -0.05) is 0 Å². The molecular formula is C9H10BrF3N2O. The molecule has 1 rings (SSSR count). The molecule has 1 aromatic rings. The van der Waals surface area contributed by atoms with Gasteiger partial charge < -0.3 is 0 Å². The summed E-state index contributed by atoms with van der Waals surface area (Å²) in [5.74, 6) is 0. The molecule has 7 heteroatoms. The molecular weight excluding hydrogens is 289 g/mol. The summed E-state index contributed by atoms with van der Waals surface area (Å²) in [4.78, 5) is 15.4. The Labute approximate surface area is 98.4 Å². The second-order valence-corrected chi connectivity index (χ2v) is 4.15. The van der Waals surface area contributed by atoms with Gasteiger partial charge >= 0.3 is 6.18 Å². The molecule has 0 aliphatic rings. The number of hydrogen-bond acceptors (Lipinski definition) is 2. The number of aromatic nitrogens is 2. The minimum Gasteiger partial charge on any atom is -0.298 e. The van der Waals surface area contributed by atoms with Crippen molar-refractivity contribution in [1.29, 1.82) is 0 Å². The first-order chi connectivity index (χ1) is 7.31. The monoisotopic (exact) mass is 298 g/mol. The standard InChI is InChI=1S/C9H10BrF3N2O/c1-6-7(10)8(16)15(5-14-6)4-2-3-9(11,12)13/h5H,2-4H2,1H3. The highest BCUT2D eigenvalue weighted by atomic mass is 79.9. The third kappa shape index (κ3) is 3.62. The Morgan fingerprint density at radius 3 is 2.69 bits per heavy atom. The lowest BCUT2D eigenvalue weighted by Gasteiger charge is -2.08. The average molecular weight is 299 g/mol. The van der Waals surface area contributed by atoms with E-state index < -0.39 is 12.6 Å². The average Bonchev–Trinajstić information content (AvgIpc) is 2.16. The first-order valence-electron chi connectivity index (χ1n) is 4.59. The van der Waals surface area contributed by atoms with E-state index in [9.17, 15) is 18.0 Å². The molecule has 0 bridgehead atoms. The van der Waals surface area contributed by atoms with Crippen LogP contribution < -0.4 is 5.56 Å². The van der Waals surface area contributed by atoms with Crippen LogP contribution in [0.1, 0.15) is 18.5 Å². The quantitative estimate of drug-likeness (QED) is 0.860. The lowest BCUT2D eigenvalue weighted by molar-refractivity contribution is -0.135. The van der Waals surface area contributed by atoms with Crippen molar-refractivity contribution < 1.29 is 13.2 Å². The van der Waals surface area contributed by atoms with E-state index in [4.69, 9.17) is 0 Å². The van der Waals surface area contributed by atoms with E-state index >= 15 is 0 Å². The van der Waals surface area contributed by atoms with E-state index in [2.05, 4.69) is 20.9 Å². The largest absolute Gasteiger partial charge is 0.389 e. The molecule has 0 atom stereocenters. The third-order valence-electron chi connectivity index (χ3n) is 2.02. The molecule has 0 aromatic carbocycles. The van der Waals surface area contributed by atoms with Crippen LogP contribution in [0, 0.1) is 6.92 Å². The van der Waals surface area contributed by atoms with Crippen LogP contribution >= 0.6 is 15.9 Å². The van der Waals surface area contributed by atoms with Gasteiger partial charge in [-0.25, -0.2) is 4.98 Å². The number of rotatable bonds is 3. The smallest absolute Gasteiger partial charge is 0.298 e. The van der Waals surface area contributed by atoms with E-state index in [1.807, 2.05) is 0 Å². The van der Waals surface area contributed by atoms with Gasteiger partial charge in [-0.15, -0.1) is 0 Å². The van der Waals surface area contributed by atoms with Crippen LogP contribution in [-0.4, -0.2) is 15.7 Å². The maximum atomic E-state index is 11.9. The zero-order valence-electron chi connectivity index (χ0n) is 8.51. The molecule has 0 amide bonds. The topological polar surface area (TPSA) is 34.9 Å². The third-order valence-corrected chi connectivity index (χ3v) is 2.93. The molecule has 90 valence electrons. The Morgan fingerprint density at radius 1 is 1.50 bits per heavy atom. The minimum absolute atomic E-state index is 0.0181. The first kappa shape index (κ1) is 13.2. The van der Waals surface area contributed by atoms with Crippen molar-refractivity contribution in [1.82, 2.24) is 9.55 Å². The zero-order valence-corrected chi connectivity index (χ0v) is 10.1. The number of aryl methyl sites for hydroxylation is 2. The van der Waals surface area contributed by atoms with Gasteiger partial charge in [-0.2, -0.15) is 13.2 Å². The second-order valence-electron chi connectivity index (χ2n) is 3.36. The zero-order chi connectivity index (χ0) is 12.3. The summed E-state index contributed by atoms with van der Waals surface area (Å²) >= 11 is 3.04. The molecule has 0 unspecified atom stereocenters.